The van der Waals surface area contributed by atoms with Crippen LogP contribution >= 0.6 is 0 Å². The first kappa shape index (κ1) is 14.9. The van der Waals surface area contributed by atoms with E-state index in [1.807, 2.05) is 6.08 Å². The summed E-state index contributed by atoms with van der Waals surface area (Å²) in [5, 5.41) is 20.7. The van der Waals surface area contributed by atoms with Crippen LogP contribution in [0.5, 0.6) is 0 Å². The molecule has 4 rings (SSSR count). The van der Waals surface area contributed by atoms with Crippen LogP contribution in [-0.4, -0.2) is 28.7 Å². The molecule has 0 amide bonds. The second kappa shape index (κ2) is 4.91. The van der Waals surface area contributed by atoms with E-state index in [9.17, 15) is 15.0 Å². The van der Waals surface area contributed by atoms with Crippen molar-refractivity contribution in [2.75, 3.05) is 6.61 Å². The molecule has 0 bridgehead atoms. The molecule has 0 heterocycles. The Bertz CT molecular complexity index is 525. The molecular weight excluding hydrogens is 276 g/mol. The van der Waals surface area contributed by atoms with Gasteiger partial charge in [0.15, 0.2) is 5.78 Å². The summed E-state index contributed by atoms with van der Waals surface area (Å²) < 4.78 is 0. The van der Waals surface area contributed by atoms with Crippen LogP contribution < -0.4 is 0 Å². The Morgan fingerprint density at radius 1 is 1.14 bits per heavy atom. The van der Waals surface area contributed by atoms with E-state index in [1.165, 1.54) is 5.57 Å². The Kier molecular flexibility index (Phi) is 3.32. The molecule has 6 atom stereocenters. The molecule has 0 aromatic carbocycles. The van der Waals surface area contributed by atoms with Crippen LogP contribution in [0.3, 0.4) is 0 Å². The molecule has 0 saturated heterocycles. The third-order valence-electron chi connectivity index (χ3n) is 7.92. The first-order valence-corrected chi connectivity index (χ1v) is 9.04. The van der Waals surface area contributed by atoms with Gasteiger partial charge in [0.05, 0.1) is 12.7 Å². The molecule has 3 heteroatoms. The second-order valence-electron chi connectivity index (χ2n) is 8.50. The van der Waals surface area contributed by atoms with Crippen molar-refractivity contribution < 1.29 is 15.0 Å². The van der Waals surface area contributed by atoms with Gasteiger partial charge in [-0.2, -0.15) is 0 Å². The van der Waals surface area contributed by atoms with Gasteiger partial charge in [0.1, 0.15) is 0 Å². The lowest BCUT2D eigenvalue weighted by atomic mass is 9.47. The van der Waals surface area contributed by atoms with Gasteiger partial charge in [0, 0.05) is 11.8 Å². The Morgan fingerprint density at radius 2 is 1.95 bits per heavy atom. The average Bonchev–Trinajstić information content (AvgIpc) is 2.82. The number of ketones is 1. The largest absolute Gasteiger partial charge is 0.395 e. The molecule has 0 spiro atoms. The molecule has 3 nitrogen and oxygen atoms in total. The van der Waals surface area contributed by atoms with Crippen LogP contribution in [0.4, 0.5) is 0 Å². The summed E-state index contributed by atoms with van der Waals surface area (Å²) >= 11 is 0. The quantitative estimate of drug-likeness (QED) is 0.783. The minimum Gasteiger partial charge on any atom is -0.395 e. The first-order valence-electron chi connectivity index (χ1n) is 9.04. The molecule has 122 valence electrons. The van der Waals surface area contributed by atoms with Crippen LogP contribution in [0.1, 0.15) is 58.3 Å². The molecule has 0 unspecified atom stereocenters. The van der Waals surface area contributed by atoms with Crippen LogP contribution in [-0.2, 0) is 4.79 Å². The smallest absolute Gasteiger partial charge is 0.155 e. The predicted octanol–water partition coefficient (Wildman–Crippen LogP) is 2.85. The monoisotopic (exact) mass is 304 g/mol. The van der Waals surface area contributed by atoms with E-state index in [4.69, 9.17) is 0 Å². The van der Waals surface area contributed by atoms with Gasteiger partial charge in [0.25, 0.3) is 0 Å². The van der Waals surface area contributed by atoms with Gasteiger partial charge >= 0.3 is 0 Å². The van der Waals surface area contributed by atoms with Crippen molar-refractivity contribution in [1.29, 1.82) is 0 Å². The van der Waals surface area contributed by atoms with Crippen molar-refractivity contribution >= 4 is 5.78 Å². The average molecular weight is 304 g/mol. The van der Waals surface area contributed by atoms with Crippen molar-refractivity contribution in [2.24, 2.45) is 28.6 Å². The highest BCUT2D eigenvalue weighted by molar-refractivity contribution is 5.91. The molecule has 0 aromatic rings. The molecule has 2 N–H and O–H groups in total. The minimum atomic E-state index is -0.145. The number of carbonyl (C=O) groups is 1. The molecule has 4 aliphatic rings. The zero-order valence-corrected chi connectivity index (χ0v) is 13.6. The normalized spacial score (nSPS) is 50.9. The summed E-state index contributed by atoms with van der Waals surface area (Å²) in [6.07, 6.45) is 9.49. The Hall–Kier alpha value is -0.670. The van der Waals surface area contributed by atoms with Crippen LogP contribution in [0, 0.1) is 28.6 Å². The highest BCUT2D eigenvalue weighted by atomic mass is 16.3. The van der Waals surface area contributed by atoms with Gasteiger partial charge in [-0.1, -0.05) is 12.5 Å². The van der Waals surface area contributed by atoms with Gasteiger partial charge in [-0.15, -0.1) is 0 Å². The topological polar surface area (TPSA) is 57.5 Å². The molecular formula is C19H28O3. The minimum absolute atomic E-state index is 0.0868. The lowest BCUT2D eigenvalue weighted by molar-refractivity contribution is -0.120. The lowest BCUT2D eigenvalue weighted by Gasteiger charge is -2.58. The molecule has 3 saturated carbocycles. The molecule has 3 fully saturated rings. The van der Waals surface area contributed by atoms with Gasteiger partial charge < -0.3 is 10.2 Å². The summed E-state index contributed by atoms with van der Waals surface area (Å²) in [6.45, 7) is 2.48. The fourth-order valence-corrected chi connectivity index (χ4v) is 6.63. The Labute approximate surface area is 132 Å². The molecule has 0 aromatic heterocycles. The summed E-state index contributed by atoms with van der Waals surface area (Å²) in [4.78, 5) is 11.8. The van der Waals surface area contributed by atoms with E-state index in [0.29, 0.717) is 24.2 Å². The summed E-state index contributed by atoms with van der Waals surface area (Å²) in [5.74, 6) is 1.97. The van der Waals surface area contributed by atoms with E-state index in [-0.39, 0.29) is 29.3 Å². The number of aliphatic hydroxyl groups excluding tert-OH is 2. The standard InChI is InChI=1S/C19H28O3/c1-18-8-7-16-14(15(18)4-5-17(18)22)3-2-12-10-13(21)6-9-19(12,16)11-20/h10,14-17,20,22H,2-9,11H2,1H3/t14-,15+,16+,17-,18+,19+/m0/s1. The number of aliphatic hydroxyl groups is 2. The van der Waals surface area contributed by atoms with Crippen molar-refractivity contribution in [3.8, 4) is 0 Å². The van der Waals surface area contributed by atoms with Gasteiger partial charge in [-0.3, -0.25) is 4.79 Å². The van der Waals surface area contributed by atoms with Crippen molar-refractivity contribution in [1.82, 2.24) is 0 Å². The predicted molar refractivity (Wildman–Crippen MR) is 84.1 cm³/mol. The fourth-order valence-electron chi connectivity index (χ4n) is 6.63. The van der Waals surface area contributed by atoms with Gasteiger partial charge in [-0.25, -0.2) is 0 Å². The highest BCUT2D eigenvalue weighted by Gasteiger charge is 2.59. The van der Waals surface area contributed by atoms with E-state index in [2.05, 4.69) is 6.92 Å². The second-order valence-corrected chi connectivity index (χ2v) is 8.50. The fraction of sp³-hybridized carbons (Fsp3) is 0.842. The summed E-state index contributed by atoms with van der Waals surface area (Å²) in [6, 6.07) is 0. The van der Waals surface area contributed by atoms with Crippen LogP contribution in [0.2, 0.25) is 0 Å². The highest BCUT2D eigenvalue weighted by Crippen LogP contribution is 2.65. The van der Waals surface area contributed by atoms with Crippen LogP contribution in [0.25, 0.3) is 0 Å². The number of carbonyl (C=O) groups excluding carboxylic acids is 1. The maximum Gasteiger partial charge on any atom is 0.155 e. The van der Waals surface area contributed by atoms with Crippen molar-refractivity contribution in [3.63, 3.8) is 0 Å². The van der Waals surface area contributed by atoms with Crippen molar-refractivity contribution in [3.05, 3.63) is 11.6 Å². The Morgan fingerprint density at radius 3 is 2.73 bits per heavy atom. The first-order chi connectivity index (χ1) is 10.5. The van der Waals surface area contributed by atoms with E-state index in [1.54, 1.807) is 0 Å². The van der Waals surface area contributed by atoms with Gasteiger partial charge in [-0.05, 0) is 74.2 Å². The molecule has 22 heavy (non-hydrogen) atoms. The van der Waals surface area contributed by atoms with Gasteiger partial charge in [0.2, 0.25) is 0 Å². The molecule has 0 aliphatic heterocycles. The third-order valence-corrected chi connectivity index (χ3v) is 7.92. The lowest BCUT2D eigenvalue weighted by Crippen LogP contribution is -2.53. The van der Waals surface area contributed by atoms with Crippen molar-refractivity contribution in [2.45, 2.75) is 64.4 Å². The third kappa shape index (κ3) is 1.78. The summed E-state index contributed by atoms with van der Waals surface area (Å²) in [7, 11) is 0. The maximum atomic E-state index is 11.8. The zero-order valence-electron chi connectivity index (χ0n) is 13.6. The van der Waals surface area contributed by atoms with E-state index < -0.39 is 0 Å². The number of rotatable bonds is 1. The number of fused-ring (bicyclic) bond motifs is 5. The number of hydrogen-bond donors (Lipinski definition) is 2. The van der Waals surface area contributed by atoms with E-state index >= 15 is 0 Å². The zero-order chi connectivity index (χ0) is 15.5. The maximum absolute atomic E-state index is 11.8. The Balaban J connectivity index is 1.71. The number of hydrogen-bond acceptors (Lipinski definition) is 3. The summed E-state index contributed by atoms with van der Waals surface area (Å²) in [5.41, 5.74) is 1.18. The SMILES string of the molecule is C[C@@]12CC[C@@H]3[C@@H](CCC4=CC(=O)CC[C@@]43CO)[C@H]1CC[C@@H]2O. The molecule has 0 radical (unpaired) electrons. The van der Waals surface area contributed by atoms with E-state index in [0.717, 1.165) is 44.9 Å². The molecule has 4 aliphatic carbocycles. The van der Waals surface area contributed by atoms with Crippen LogP contribution in [0.15, 0.2) is 11.6 Å².